The Labute approximate surface area is 142 Å². The molecule has 1 aliphatic heterocycles. The van der Waals surface area contributed by atoms with Crippen molar-refractivity contribution in [3.63, 3.8) is 0 Å². The quantitative estimate of drug-likeness (QED) is 0.843. The van der Waals surface area contributed by atoms with E-state index in [1.165, 1.54) is 0 Å². The summed E-state index contributed by atoms with van der Waals surface area (Å²) in [6, 6.07) is 3.38. The second-order valence-electron chi connectivity index (χ2n) is 7.03. The first-order chi connectivity index (χ1) is 11.5. The Hall–Kier alpha value is -1.95. The molecule has 130 valence electrons. The van der Waals surface area contributed by atoms with Crippen LogP contribution in [-0.4, -0.2) is 32.8 Å². The van der Waals surface area contributed by atoms with Crippen molar-refractivity contribution in [2.75, 3.05) is 13.1 Å². The Kier molecular flexibility index (Phi) is 5.14. The molecule has 0 aliphatic carbocycles. The van der Waals surface area contributed by atoms with Crippen LogP contribution in [0.2, 0.25) is 0 Å². The molecule has 1 fully saturated rings. The van der Waals surface area contributed by atoms with Gasteiger partial charge in [0.25, 0.3) is 5.56 Å². The molecule has 6 nitrogen and oxygen atoms in total. The van der Waals surface area contributed by atoms with Gasteiger partial charge in [0, 0.05) is 25.1 Å². The molecule has 0 atom stereocenters. The van der Waals surface area contributed by atoms with Crippen molar-refractivity contribution in [2.45, 2.75) is 52.6 Å². The minimum atomic E-state index is -0.00722. The summed E-state index contributed by atoms with van der Waals surface area (Å²) in [6.45, 7) is 9.79. The van der Waals surface area contributed by atoms with Gasteiger partial charge in [0.15, 0.2) is 6.39 Å². The number of hydrogen-bond acceptors (Lipinski definition) is 5. The van der Waals surface area contributed by atoms with E-state index in [0.29, 0.717) is 11.8 Å². The minimum Gasteiger partial charge on any atom is -0.448 e. The molecule has 1 aliphatic rings. The lowest BCUT2D eigenvalue weighted by molar-refractivity contribution is 0.161. The number of aromatic nitrogens is 3. The summed E-state index contributed by atoms with van der Waals surface area (Å²) in [5.41, 5.74) is 1.94. The van der Waals surface area contributed by atoms with Crippen molar-refractivity contribution in [1.29, 1.82) is 0 Å². The van der Waals surface area contributed by atoms with Gasteiger partial charge in [-0.2, -0.15) is 5.10 Å². The monoisotopic (exact) mass is 330 g/mol. The molecule has 3 rings (SSSR count). The maximum atomic E-state index is 11.9. The summed E-state index contributed by atoms with van der Waals surface area (Å²) < 4.78 is 7.12. The fraction of sp³-hybridized carbons (Fsp3) is 0.611. The minimum absolute atomic E-state index is 0.00722. The molecule has 0 aromatic carbocycles. The largest absolute Gasteiger partial charge is 0.448 e. The molecule has 0 radical (unpaired) electrons. The summed E-state index contributed by atoms with van der Waals surface area (Å²) in [6.07, 6.45) is 3.71. The zero-order valence-corrected chi connectivity index (χ0v) is 14.7. The van der Waals surface area contributed by atoms with Crippen LogP contribution < -0.4 is 5.56 Å². The first-order valence-electron chi connectivity index (χ1n) is 8.72. The van der Waals surface area contributed by atoms with Crippen LogP contribution in [0.25, 0.3) is 0 Å². The SMILES string of the molecule is Cc1ccc(=O)n(CC2CCN(Cc3ncoc3C(C)C)CC2)n1. The molecular weight excluding hydrogens is 304 g/mol. The third-order valence-corrected chi connectivity index (χ3v) is 4.71. The van der Waals surface area contributed by atoms with Gasteiger partial charge in [-0.25, -0.2) is 9.67 Å². The summed E-state index contributed by atoms with van der Waals surface area (Å²) in [7, 11) is 0. The molecule has 0 amide bonds. The highest BCUT2D eigenvalue weighted by molar-refractivity contribution is 5.11. The third-order valence-electron chi connectivity index (χ3n) is 4.71. The van der Waals surface area contributed by atoms with E-state index in [0.717, 1.165) is 56.2 Å². The molecule has 0 spiro atoms. The van der Waals surface area contributed by atoms with Crippen molar-refractivity contribution in [2.24, 2.45) is 5.92 Å². The van der Waals surface area contributed by atoms with Crippen LogP contribution in [-0.2, 0) is 13.1 Å². The van der Waals surface area contributed by atoms with E-state index >= 15 is 0 Å². The zero-order valence-electron chi connectivity index (χ0n) is 14.7. The number of hydrogen-bond donors (Lipinski definition) is 0. The second-order valence-corrected chi connectivity index (χ2v) is 7.03. The van der Waals surface area contributed by atoms with Crippen LogP contribution in [0.5, 0.6) is 0 Å². The number of nitrogens with zero attached hydrogens (tertiary/aromatic N) is 4. The Balaban J connectivity index is 1.55. The van der Waals surface area contributed by atoms with Gasteiger partial charge in [-0.1, -0.05) is 13.8 Å². The number of aryl methyl sites for hydroxylation is 1. The van der Waals surface area contributed by atoms with Gasteiger partial charge >= 0.3 is 0 Å². The highest BCUT2D eigenvalue weighted by Crippen LogP contribution is 2.23. The van der Waals surface area contributed by atoms with Crippen molar-refractivity contribution in [3.05, 3.63) is 46.0 Å². The molecule has 6 heteroatoms. The van der Waals surface area contributed by atoms with E-state index in [1.807, 2.05) is 6.92 Å². The molecule has 24 heavy (non-hydrogen) atoms. The number of likely N-dealkylation sites (tertiary alicyclic amines) is 1. The molecule has 0 N–H and O–H groups in total. The van der Waals surface area contributed by atoms with Crippen molar-refractivity contribution in [3.8, 4) is 0 Å². The first kappa shape index (κ1) is 16.9. The predicted octanol–water partition coefficient (Wildman–Crippen LogP) is 2.58. The fourth-order valence-electron chi connectivity index (χ4n) is 3.33. The fourth-order valence-corrected chi connectivity index (χ4v) is 3.33. The van der Waals surface area contributed by atoms with Crippen LogP contribution >= 0.6 is 0 Å². The third kappa shape index (κ3) is 3.93. The van der Waals surface area contributed by atoms with Gasteiger partial charge in [-0.15, -0.1) is 0 Å². The molecular formula is C18H26N4O2. The van der Waals surface area contributed by atoms with Gasteiger partial charge in [0.05, 0.1) is 11.4 Å². The van der Waals surface area contributed by atoms with Gasteiger partial charge < -0.3 is 4.42 Å². The lowest BCUT2D eigenvalue weighted by Gasteiger charge is -2.31. The summed E-state index contributed by atoms with van der Waals surface area (Å²) in [5, 5.41) is 4.35. The summed E-state index contributed by atoms with van der Waals surface area (Å²) in [4.78, 5) is 18.7. The normalized spacial score (nSPS) is 16.8. The van der Waals surface area contributed by atoms with E-state index in [4.69, 9.17) is 4.42 Å². The Bertz CT molecular complexity index is 727. The molecule has 0 bridgehead atoms. The standard InChI is InChI=1S/C18H26N4O2/c1-13(2)18-16(19-12-24-18)11-21-8-6-15(7-9-21)10-22-17(23)5-4-14(3)20-22/h4-5,12-13,15H,6-11H2,1-3H3. The molecule has 2 aromatic rings. The smallest absolute Gasteiger partial charge is 0.266 e. The lowest BCUT2D eigenvalue weighted by Crippen LogP contribution is -2.36. The van der Waals surface area contributed by atoms with Crippen molar-refractivity contribution >= 4 is 0 Å². The van der Waals surface area contributed by atoms with Gasteiger partial charge in [0.1, 0.15) is 5.76 Å². The lowest BCUT2D eigenvalue weighted by atomic mass is 9.96. The van der Waals surface area contributed by atoms with Crippen molar-refractivity contribution < 1.29 is 4.42 Å². The van der Waals surface area contributed by atoms with E-state index in [-0.39, 0.29) is 5.56 Å². The maximum Gasteiger partial charge on any atom is 0.266 e. The van der Waals surface area contributed by atoms with Crippen molar-refractivity contribution in [1.82, 2.24) is 19.7 Å². The number of rotatable bonds is 5. The molecule has 2 aromatic heterocycles. The molecule has 1 saturated heterocycles. The summed E-state index contributed by atoms with van der Waals surface area (Å²) >= 11 is 0. The number of oxazole rings is 1. The molecule has 3 heterocycles. The average Bonchev–Trinajstić information content (AvgIpc) is 3.01. The Morgan fingerprint density at radius 2 is 2.04 bits per heavy atom. The molecule has 0 saturated carbocycles. The van der Waals surface area contributed by atoms with E-state index in [9.17, 15) is 4.79 Å². The summed E-state index contributed by atoms with van der Waals surface area (Å²) in [5.74, 6) is 1.86. The van der Waals surface area contributed by atoms with Crippen LogP contribution in [0.3, 0.4) is 0 Å². The van der Waals surface area contributed by atoms with Crippen LogP contribution in [0.1, 0.15) is 49.8 Å². The second kappa shape index (κ2) is 7.30. The van der Waals surface area contributed by atoms with E-state index < -0.39 is 0 Å². The Morgan fingerprint density at radius 3 is 2.75 bits per heavy atom. The average molecular weight is 330 g/mol. The highest BCUT2D eigenvalue weighted by atomic mass is 16.3. The van der Waals surface area contributed by atoms with Crippen LogP contribution in [0, 0.1) is 12.8 Å². The topological polar surface area (TPSA) is 64.2 Å². The molecule has 0 unspecified atom stereocenters. The van der Waals surface area contributed by atoms with E-state index in [1.54, 1.807) is 23.2 Å². The maximum absolute atomic E-state index is 11.9. The van der Waals surface area contributed by atoms with Gasteiger partial charge in [-0.05, 0) is 44.8 Å². The van der Waals surface area contributed by atoms with Crippen LogP contribution in [0.4, 0.5) is 0 Å². The van der Waals surface area contributed by atoms with E-state index in [2.05, 4.69) is 28.8 Å². The first-order valence-corrected chi connectivity index (χ1v) is 8.72. The number of piperidine rings is 1. The zero-order chi connectivity index (χ0) is 17.1. The van der Waals surface area contributed by atoms with Gasteiger partial charge in [-0.3, -0.25) is 9.69 Å². The predicted molar refractivity (Wildman–Crippen MR) is 91.8 cm³/mol. The highest BCUT2D eigenvalue weighted by Gasteiger charge is 2.22. The Morgan fingerprint density at radius 1 is 1.29 bits per heavy atom. The van der Waals surface area contributed by atoms with Crippen LogP contribution in [0.15, 0.2) is 27.7 Å². The van der Waals surface area contributed by atoms with Gasteiger partial charge in [0.2, 0.25) is 0 Å².